The molecule has 0 spiro atoms. The lowest BCUT2D eigenvalue weighted by atomic mass is 10.1. The van der Waals surface area contributed by atoms with Crippen molar-refractivity contribution in [3.8, 4) is 5.75 Å². The van der Waals surface area contributed by atoms with Gasteiger partial charge >= 0.3 is 0 Å². The van der Waals surface area contributed by atoms with Crippen molar-refractivity contribution in [2.45, 2.75) is 32.7 Å². The second-order valence-electron chi connectivity index (χ2n) is 6.34. The summed E-state index contributed by atoms with van der Waals surface area (Å²) >= 11 is 6.16. The molecule has 0 bridgehead atoms. The van der Waals surface area contributed by atoms with E-state index in [9.17, 15) is 13.2 Å². The van der Waals surface area contributed by atoms with Crippen LogP contribution in [0, 0.1) is 0 Å². The zero-order valence-electron chi connectivity index (χ0n) is 16.4. The van der Waals surface area contributed by atoms with Gasteiger partial charge < -0.3 is 10.1 Å². The van der Waals surface area contributed by atoms with Gasteiger partial charge in [0.05, 0.1) is 24.1 Å². The lowest BCUT2D eigenvalue weighted by molar-refractivity contribution is -0.117. The Balaban J connectivity index is 2.36. The standard InChI is InChI=1S/C20H25ClN2O4S/c1-5-14-7-9-15(10-8-14)22-20(24)18(6-2)23(28(4,25)26)16-11-12-19(27-3)17(21)13-16/h7-13,18H,5-6H2,1-4H3,(H,22,24). The highest BCUT2D eigenvalue weighted by Crippen LogP contribution is 2.32. The molecule has 1 N–H and O–H groups in total. The van der Waals surface area contributed by atoms with Crippen LogP contribution in [0.4, 0.5) is 11.4 Å². The summed E-state index contributed by atoms with van der Waals surface area (Å²) in [6, 6.07) is 11.2. The number of hydrogen-bond donors (Lipinski definition) is 1. The topological polar surface area (TPSA) is 75.7 Å². The zero-order valence-corrected chi connectivity index (χ0v) is 18.0. The number of benzene rings is 2. The number of carbonyl (C=O) groups is 1. The Hall–Kier alpha value is -2.25. The molecule has 0 aliphatic heterocycles. The third kappa shape index (κ3) is 5.17. The first kappa shape index (κ1) is 22.0. The van der Waals surface area contributed by atoms with E-state index in [0.717, 1.165) is 22.5 Å². The van der Waals surface area contributed by atoms with E-state index in [1.165, 1.54) is 13.2 Å². The van der Waals surface area contributed by atoms with Crippen LogP contribution in [0.25, 0.3) is 0 Å². The molecule has 2 aromatic rings. The molecule has 0 heterocycles. The van der Waals surface area contributed by atoms with Crippen molar-refractivity contribution in [3.05, 3.63) is 53.1 Å². The zero-order chi connectivity index (χ0) is 20.9. The number of carbonyl (C=O) groups excluding carboxylic acids is 1. The third-order valence-electron chi connectivity index (χ3n) is 4.35. The van der Waals surface area contributed by atoms with E-state index in [0.29, 0.717) is 17.1 Å². The third-order valence-corrected chi connectivity index (χ3v) is 5.82. The van der Waals surface area contributed by atoms with Crippen LogP contribution in [0.15, 0.2) is 42.5 Å². The van der Waals surface area contributed by atoms with Crippen LogP contribution >= 0.6 is 11.6 Å². The van der Waals surface area contributed by atoms with Crippen LogP contribution in [-0.2, 0) is 21.2 Å². The Bertz CT molecular complexity index is 930. The molecule has 1 unspecified atom stereocenters. The van der Waals surface area contributed by atoms with Gasteiger partial charge in [0, 0.05) is 5.69 Å². The Morgan fingerprint density at radius 2 is 1.82 bits per heavy atom. The number of nitrogens with zero attached hydrogens (tertiary/aromatic N) is 1. The van der Waals surface area contributed by atoms with Crippen molar-refractivity contribution < 1.29 is 17.9 Å². The minimum absolute atomic E-state index is 0.263. The fraction of sp³-hybridized carbons (Fsp3) is 0.350. The fourth-order valence-corrected chi connectivity index (χ4v) is 4.36. The maximum Gasteiger partial charge on any atom is 0.248 e. The molecule has 0 aliphatic carbocycles. The molecular formula is C20H25ClN2O4S. The predicted octanol–water partition coefficient (Wildman–Crippen LogP) is 4.09. The number of rotatable bonds is 8. The first-order valence-corrected chi connectivity index (χ1v) is 11.2. The number of halogens is 1. The normalized spacial score (nSPS) is 12.3. The molecule has 8 heteroatoms. The van der Waals surface area contributed by atoms with E-state index in [1.807, 2.05) is 19.1 Å². The lowest BCUT2D eigenvalue weighted by Gasteiger charge is -2.30. The predicted molar refractivity (Wildman–Crippen MR) is 114 cm³/mol. The summed E-state index contributed by atoms with van der Waals surface area (Å²) in [4.78, 5) is 12.9. The highest BCUT2D eigenvalue weighted by molar-refractivity contribution is 7.92. The molecule has 1 atom stereocenters. The van der Waals surface area contributed by atoms with Crippen LogP contribution in [0.1, 0.15) is 25.8 Å². The number of nitrogens with one attached hydrogen (secondary N) is 1. The van der Waals surface area contributed by atoms with Gasteiger partial charge in [0.2, 0.25) is 15.9 Å². The van der Waals surface area contributed by atoms with Gasteiger partial charge in [0.15, 0.2) is 0 Å². The molecule has 2 rings (SSSR count). The van der Waals surface area contributed by atoms with Crippen molar-refractivity contribution in [2.75, 3.05) is 23.0 Å². The smallest absolute Gasteiger partial charge is 0.248 e. The van der Waals surface area contributed by atoms with E-state index in [-0.39, 0.29) is 11.4 Å². The molecule has 0 saturated heterocycles. The number of sulfonamides is 1. The van der Waals surface area contributed by atoms with Crippen molar-refractivity contribution in [3.63, 3.8) is 0 Å². The summed E-state index contributed by atoms with van der Waals surface area (Å²) in [5.41, 5.74) is 2.06. The largest absolute Gasteiger partial charge is 0.495 e. The van der Waals surface area contributed by atoms with Gasteiger partial charge in [0.25, 0.3) is 0 Å². The molecule has 152 valence electrons. The van der Waals surface area contributed by atoms with Gasteiger partial charge in [-0.05, 0) is 48.7 Å². The maximum atomic E-state index is 12.9. The summed E-state index contributed by atoms with van der Waals surface area (Å²) in [6.45, 7) is 3.80. The minimum Gasteiger partial charge on any atom is -0.495 e. The number of ether oxygens (including phenoxy) is 1. The average Bonchev–Trinajstić information content (AvgIpc) is 2.65. The Morgan fingerprint density at radius 3 is 2.29 bits per heavy atom. The second-order valence-corrected chi connectivity index (χ2v) is 8.61. The summed E-state index contributed by atoms with van der Waals surface area (Å²) in [5.74, 6) is 0.0106. The van der Waals surface area contributed by atoms with E-state index in [1.54, 1.807) is 31.2 Å². The molecule has 0 aliphatic rings. The van der Waals surface area contributed by atoms with Crippen LogP contribution in [-0.4, -0.2) is 33.7 Å². The van der Waals surface area contributed by atoms with Gasteiger partial charge in [-0.1, -0.05) is 37.6 Å². The number of methoxy groups -OCH3 is 1. The van der Waals surface area contributed by atoms with Gasteiger partial charge in [-0.2, -0.15) is 0 Å². The molecule has 0 aromatic heterocycles. The highest BCUT2D eigenvalue weighted by atomic mass is 35.5. The van der Waals surface area contributed by atoms with Crippen molar-refractivity contribution in [1.29, 1.82) is 0 Å². The first-order valence-electron chi connectivity index (χ1n) is 8.94. The Labute approximate surface area is 171 Å². The average molecular weight is 425 g/mol. The molecule has 0 radical (unpaired) electrons. The molecular weight excluding hydrogens is 400 g/mol. The van der Waals surface area contributed by atoms with Crippen LogP contribution in [0.5, 0.6) is 5.75 Å². The van der Waals surface area contributed by atoms with Crippen molar-refractivity contribution in [1.82, 2.24) is 0 Å². The summed E-state index contributed by atoms with van der Waals surface area (Å²) in [6.07, 6.45) is 2.25. The first-order chi connectivity index (χ1) is 13.2. The molecule has 28 heavy (non-hydrogen) atoms. The molecule has 1 amide bonds. The molecule has 0 fully saturated rings. The molecule has 2 aromatic carbocycles. The quantitative estimate of drug-likeness (QED) is 0.692. The van der Waals surface area contributed by atoms with E-state index >= 15 is 0 Å². The Morgan fingerprint density at radius 1 is 1.18 bits per heavy atom. The van der Waals surface area contributed by atoms with E-state index in [2.05, 4.69) is 5.32 Å². The molecule has 0 saturated carbocycles. The van der Waals surface area contributed by atoms with Gasteiger partial charge in [-0.15, -0.1) is 0 Å². The van der Waals surface area contributed by atoms with E-state index < -0.39 is 22.0 Å². The van der Waals surface area contributed by atoms with Crippen LogP contribution in [0.2, 0.25) is 5.02 Å². The Kier molecular flexibility index (Phi) is 7.32. The number of amides is 1. The number of anilines is 2. The molecule has 6 nitrogen and oxygen atoms in total. The lowest BCUT2D eigenvalue weighted by Crippen LogP contribution is -2.47. The van der Waals surface area contributed by atoms with Crippen LogP contribution in [0.3, 0.4) is 0 Å². The summed E-state index contributed by atoms with van der Waals surface area (Å²) in [7, 11) is -2.27. The highest BCUT2D eigenvalue weighted by Gasteiger charge is 2.32. The fourth-order valence-electron chi connectivity index (χ4n) is 2.90. The van der Waals surface area contributed by atoms with Crippen molar-refractivity contribution in [2.24, 2.45) is 0 Å². The number of hydrogen-bond acceptors (Lipinski definition) is 4. The van der Waals surface area contributed by atoms with Gasteiger partial charge in [-0.25, -0.2) is 8.42 Å². The van der Waals surface area contributed by atoms with Crippen LogP contribution < -0.4 is 14.4 Å². The number of aryl methyl sites for hydroxylation is 1. The summed E-state index contributed by atoms with van der Waals surface area (Å²) < 4.78 is 31.2. The van der Waals surface area contributed by atoms with Gasteiger partial charge in [-0.3, -0.25) is 9.10 Å². The monoisotopic (exact) mass is 424 g/mol. The SMILES string of the molecule is CCc1ccc(NC(=O)C(CC)N(c2ccc(OC)c(Cl)c2)S(C)(=O)=O)cc1. The maximum absolute atomic E-state index is 12.9. The minimum atomic E-state index is -3.74. The van der Waals surface area contributed by atoms with Crippen molar-refractivity contribution >= 4 is 38.9 Å². The second kappa shape index (κ2) is 9.30. The van der Waals surface area contributed by atoms with E-state index in [4.69, 9.17) is 16.3 Å². The van der Waals surface area contributed by atoms with Gasteiger partial charge in [0.1, 0.15) is 11.8 Å². The summed E-state index contributed by atoms with van der Waals surface area (Å²) in [5, 5.41) is 3.06.